The van der Waals surface area contributed by atoms with E-state index in [0.717, 1.165) is 19.3 Å². The van der Waals surface area contributed by atoms with E-state index in [1.165, 1.54) is 44.9 Å². The third-order valence-corrected chi connectivity index (χ3v) is 5.00. The molecule has 3 N–H and O–H groups in total. The lowest BCUT2D eigenvalue weighted by Gasteiger charge is -2.33. The van der Waals surface area contributed by atoms with E-state index in [4.69, 9.17) is 5.73 Å². The highest BCUT2D eigenvalue weighted by molar-refractivity contribution is 5.79. The highest BCUT2D eigenvalue weighted by Gasteiger charge is 2.31. The molecule has 1 amide bonds. The van der Waals surface area contributed by atoms with Crippen LogP contribution in [0.15, 0.2) is 0 Å². The first-order valence-electron chi connectivity index (χ1n) is 8.22. The van der Waals surface area contributed by atoms with Crippen molar-refractivity contribution in [2.75, 3.05) is 0 Å². The first-order chi connectivity index (χ1) is 9.16. The van der Waals surface area contributed by atoms with Gasteiger partial charge in [-0.3, -0.25) is 4.79 Å². The van der Waals surface area contributed by atoms with Crippen LogP contribution in [0.25, 0.3) is 0 Å². The Morgan fingerprint density at radius 3 is 2.26 bits per heavy atom. The van der Waals surface area contributed by atoms with E-state index >= 15 is 0 Å². The molecule has 3 atom stereocenters. The smallest absolute Gasteiger partial charge is 0.223 e. The van der Waals surface area contributed by atoms with Crippen LogP contribution in [-0.4, -0.2) is 18.0 Å². The molecule has 2 rings (SSSR count). The van der Waals surface area contributed by atoms with Crippen molar-refractivity contribution in [2.24, 2.45) is 17.6 Å². The number of nitrogens with one attached hydrogen (secondary N) is 1. The topological polar surface area (TPSA) is 55.1 Å². The molecule has 0 aromatic carbocycles. The first-order valence-corrected chi connectivity index (χ1v) is 8.22. The van der Waals surface area contributed by atoms with Crippen molar-refractivity contribution in [1.82, 2.24) is 5.32 Å². The summed E-state index contributed by atoms with van der Waals surface area (Å²) in [5.74, 6) is 0.938. The van der Waals surface area contributed by atoms with Gasteiger partial charge in [0.05, 0.1) is 0 Å². The van der Waals surface area contributed by atoms with Crippen molar-refractivity contribution >= 4 is 5.91 Å². The number of nitrogens with two attached hydrogens (primary N) is 1. The lowest BCUT2D eigenvalue weighted by Crippen LogP contribution is -2.44. The number of rotatable bonds is 2. The Morgan fingerprint density at radius 2 is 1.63 bits per heavy atom. The summed E-state index contributed by atoms with van der Waals surface area (Å²) in [6, 6.07) is 0.732. The Hall–Kier alpha value is -0.570. The summed E-state index contributed by atoms with van der Waals surface area (Å²) in [7, 11) is 0. The van der Waals surface area contributed by atoms with E-state index in [9.17, 15) is 4.79 Å². The molecule has 110 valence electrons. The number of hydrogen-bond donors (Lipinski definition) is 2. The Balaban J connectivity index is 1.81. The van der Waals surface area contributed by atoms with Crippen LogP contribution in [0.5, 0.6) is 0 Å². The normalized spacial score (nSPS) is 34.3. The van der Waals surface area contributed by atoms with Crippen LogP contribution in [0, 0.1) is 11.8 Å². The molecule has 3 nitrogen and oxygen atoms in total. The first kappa shape index (κ1) is 14.8. The van der Waals surface area contributed by atoms with Crippen molar-refractivity contribution < 1.29 is 4.79 Å². The molecule has 0 bridgehead atoms. The van der Waals surface area contributed by atoms with Gasteiger partial charge in [0.25, 0.3) is 0 Å². The molecule has 0 spiro atoms. The van der Waals surface area contributed by atoms with Gasteiger partial charge in [-0.15, -0.1) is 0 Å². The molecule has 19 heavy (non-hydrogen) atoms. The molecule has 0 aromatic heterocycles. The van der Waals surface area contributed by atoms with Gasteiger partial charge in [-0.25, -0.2) is 0 Å². The number of hydrogen-bond acceptors (Lipinski definition) is 2. The van der Waals surface area contributed by atoms with Crippen molar-refractivity contribution in [1.29, 1.82) is 0 Å². The van der Waals surface area contributed by atoms with E-state index in [1.54, 1.807) is 0 Å². The fraction of sp³-hybridized carbons (Fsp3) is 0.938. The predicted octanol–water partition coefficient (Wildman–Crippen LogP) is 2.98. The average molecular weight is 266 g/mol. The molecule has 2 saturated carbocycles. The van der Waals surface area contributed by atoms with Gasteiger partial charge in [0.1, 0.15) is 0 Å². The number of carbonyl (C=O) groups is 1. The Morgan fingerprint density at radius 1 is 1.00 bits per heavy atom. The van der Waals surface area contributed by atoms with Gasteiger partial charge in [0.2, 0.25) is 5.91 Å². The lowest BCUT2D eigenvalue weighted by atomic mass is 9.77. The molecule has 0 aliphatic heterocycles. The second-order valence-electron chi connectivity index (χ2n) is 6.71. The Bertz CT molecular complexity index is 284. The van der Waals surface area contributed by atoms with Crippen LogP contribution in [0.1, 0.15) is 71.1 Å². The van der Waals surface area contributed by atoms with Gasteiger partial charge < -0.3 is 11.1 Å². The van der Waals surface area contributed by atoms with Gasteiger partial charge in [-0.05, 0) is 38.0 Å². The van der Waals surface area contributed by atoms with Crippen molar-refractivity contribution in [3.8, 4) is 0 Å². The molecule has 3 unspecified atom stereocenters. The second-order valence-corrected chi connectivity index (χ2v) is 6.71. The maximum atomic E-state index is 12.4. The molecule has 2 aliphatic carbocycles. The van der Waals surface area contributed by atoms with E-state index in [1.807, 2.05) is 0 Å². The summed E-state index contributed by atoms with van der Waals surface area (Å²) >= 11 is 0. The van der Waals surface area contributed by atoms with Crippen molar-refractivity contribution in [3.05, 3.63) is 0 Å². The van der Waals surface area contributed by atoms with E-state index in [0.29, 0.717) is 23.9 Å². The molecule has 0 heterocycles. The molecule has 0 radical (unpaired) electrons. The zero-order valence-corrected chi connectivity index (χ0v) is 12.4. The van der Waals surface area contributed by atoms with E-state index in [-0.39, 0.29) is 5.92 Å². The third kappa shape index (κ3) is 4.48. The van der Waals surface area contributed by atoms with Crippen LogP contribution >= 0.6 is 0 Å². The van der Waals surface area contributed by atoms with Crippen LogP contribution in [0.2, 0.25) is 0 Å². The van der Waals surface area contributed by atoms with Crippen molar-refractivity contribution in [3.63, 3.8) is 0 Å². The summed E-state index contributed by atoms with van der Waals surface area (Å²) in [6.07, 6.45) is 11.9. The summed E-state index contributed by atoms with van der Waals surface area (Å²) in [4.78, 5) is 12.4. The fourth-order valence-corrected chi connectivity index (χ4v) is 3.74. The monoisotopic (exact) mass is 266 g/mol. The van der Waals surface area contributed by atoms with Crippen LogP contribution in [-0.2, 0) is 4.79 Å². The zero-order valence-electron chi connectivity index (χ0n) is 12.4. The van der Waals surface area contributed by atoms with Crippen LogP contribution < -0.4 is 11.1 Å². The standard InChI is InChI=1S/C16H30N2O/c1-12-11-13(17)9-10-15(12)16(19)18-14-7-5-3-2-4-6-8-14/h12-15H,2-11,17H2,1H3,(H,18,19). The highest BCUT2D eigenvalue weighted by Crippen LogP contribution is 2.29. The quantitative estimate of drug-likeness (QED) is 0.807. The van der Waals surface area contributed by atoms with Crippen LogP contribution in [0.3, 0.4) is 0 Å². The summed E-state index contributed by atoms with van der Waals surface area (Å²) in [5.41, 5.74) is 5.98. The van der Waals surface area contributed by atoms with Gasteiger partial charge in [0.15, 0.2) is 0 Å². The largest absolute Gasteiger partial charge is 0.353 e. The highest BCUT2D eigenvalue weighted by atomic mass is 16.1. The number of amides is 1. The summed E-state index contributed by atoms with van der Waals surface area (Å²) < 4.78 is 0. The molecule has 3 heteroatoms. The Labute approximate surface area is 117 Å². The summed E-state index contributed by atoms with van der Waals surface area (Å²) in [6.45, 7) is 2.18. The lowest BCUT2D eigenvalue weighted by molar-refractivity contribution is -0.128. The Kier molecular flexibility index (Phi) is 5.68. The summed E-state index contributed by atoms with van der Waals surface area (Å²) in [5, 5.41) is 3.32. The minimum atomic E-state index is 0.199. The number of carbonyl (C=O) groups excluding carboxylic acids is 1. The minimum absolute atomic E-state index is 0.199. The molecular weight excluding hydrogens is 236 g/mol. The molecule has 2 aliphatic rings. The predicted molar refractivity (Wildman–Crippen MR) is 78.7 cm³/mol. The molecule has 0 aromatic rings. The van der Waals surface area contributed by atoms with Gasteiger partial charge in [-0.2, -0.15) is 0 Å². The van der Waals surface area contributed by atoms with E-state index < -0.39 is 0 Å². The maximum absolute atomic E-state index is 12.4. The van der Waals surface area contributed by atoms with Crippen LogP contribution in [0.4, 0.5) is 0 Å². The van der Waals surface area contributed by atoms with E-state index in [2.05, 4.69) is 12.2 Å². The molecule has 2 fully saturated rings. The molecular formula is C16H30N2O. The van der Waals surface area contributed by atoms with Gasteiger partial charge in [0, 0.05) is 18.0 Å². The fourth-order valence-electron chi connectivity index (χ4n) is 3.74. The third-order valence-electron chi connectivity index (χ3n) is 5.00. The zero-order chi connectivity index (χ0) is 13.7. The van der Waals surface area contributed by atoms with Gasteiger partial charge >= 0.3 is 0 Å². The SMILES string of the molecule is CC1CC(N)CCC1C(=O)NC1CCCCCCC1. The maximum Gasteiger partial charge on any atom is 0.223 e. The van der Waals surface area contributed by atoms with Crippen molar-refractivity contribution in [2.45, 2.75) is 83.2 Å². The molecule has 0 saturated heterocycles. The van der Waals surface area contributed by atoms with Gasteiger partial charge in [-0.1, -0.05) is 39.0 Å². The minimum Gasteiger partial charge on any atom is -0.353 e. The second kappa shape index (κ2) is 7.28. The average Bonchev–Trinajstić information content (AvgIpc) is 2.32.